The summed E-state index contributed by atoms with van der Waals surface area (Å²) in [7, 11) is 0. The molecule has 1 N–H and O–H groups in total. The monoisotopic (exact) mass is 233 g/mol. The zero-order valence-electron chi connectivity index (χ0n) is 11.1. The molecule has 1 heterocycles. The number of rotatable bonds is 2. The molecule has 1 fully saturated rings. The number of hydrogen-bond donors (Lipinski definition) is 1. The zero-order valence-corrected chi connectivity index (χ0v) is 11.1. The summed E-state index contributed by atoms with van der Waals surface area (Å²) in [5, 5.41) is 10.4. The topological polar surface area (TPSA) is 33.1 Å². The maximum Gasteiger partial charge on any atom is 0.0987 e. The Bertz CT molecular complexity index is 377. The van der Waals surface area contributed by atoms with Gasteiger partial charge in [0.15, 0.2) is 0 Å². The molecule has 0 spiro atoms. The summed E-state index contributed by atoms with van der Waals surface area (Å²) in [6, 6.07) is 5.90. The third-order valence-electron chi connectivity index (χ3n) is 4.30. The van der Waals surface area contributed by atoms with Crippen molar-refractivity contribution in [2.45, 2.75) is 46.1 Å². The molecule has 1 aliphatic rings. The Morgan fingerprint density at radius 1 is 1.24 bits per heavy atom. The molecule has 4 atom stereocenters. The predicted octanol–water partition coefficient (Wildman–Crippen LogP) is 3.50. The highest BCUT2D eigenvalue weighted by molar-refractivity contribution is 5.13. The van der Waals surface area contributed by atoms with E-state index < -0.39 is 0 Å². The molecule has 1 aliphatic carbocycles. The molecule has 4 unspecified atom stereocenters. The number of aliphatic hydroxyl groups excluding tert-OH is 1. The number of aryl methyl sites for hydroxylation is 1. The van der Waals surface area contributed by atoms with Gasteiger partial charge in [-0.25, -0.2) is 0 Å². The normalized spacial score (nSPS) is 31.2. The van der Waals surface area contributed by atoms with Crippen LogP contribution in [0.2, 0.25) is 0 Å². The van der Waals surface area contributed by atoms with Gasteiger partial charge in [-0.3, -0.25) is 4.98 Å². The summed E-state index contributed by atoms with van der Waals surface area (Å²) in [4.78, 5) is 4.44. The van der Waals surface area contributed by atoms with Crippen LogP contribution in [0.25, 0.3) is 0 Å². The van der Waals surface area contributed by atoms with Crippen LogP contribution in [-0.4, -0.2) is 10.1 Å². The molecule has 1 aromatic rings. The minimum Gasteiger partial charge on any atom is -0.387 e. The second-order valence-corrected chi connectivity index (χ2v) is 5.68. The van der Waals surface area contributed by atoms with Gasteiger partial charge in [0.2, 0.25) is 0 Å². The van der Waals surface area contributed by atoms with Crippen LogP contribution in [0.5, 0.6) is 0 Å². The second kappa shape index (κ2) is 5.18. The van der Waals surface area contributed by atoms with Gasteiger partial charge in [-0.2, -0.15) is 0 Å². The number of aliphatic hydroxyl groups is 1. The molecular weight excluding hydrogens is 210 g/mol. The second-order valence-electron chi connectivity index (χ2n) is 5.68. The summed E-state index contributed by atoms with van der Waals surface area (Å²) in [6.07, 6.45) is 3.10. The number of hydrogen-bond acceptors (Lipinski definition) is 2. The third kappa shape index (κ3) is 2.86. The largest absolute Gasteiger partial charge is 0.387 e. The van der Waals surface area contributed by atoms with Gasteiger partial charge in [0.1, 0.15) is 0 Å². The molecule has 2 rings (SSSR count). The molecule has 0 aliphatic heterocycles. The molecule has 0 bridgehead atoms. The lowest BCUT2D eigenvalue weighted by atomic mass is 9.73. The van der Waals surface area contributed by atoms with Gasteiger partial charge in [-0.05, 0) is 49.7 Å². The minimum atomic E-state index is -0.384. The van der Waals surface area contributed by atoms with E-state index in [1.807, 2.05) is 25.1 Å². The van der Waals surface area contributed by atoms with Crippen molar-refractivity contribution >= 4 is 0 Å². The lowest BCUT2D eigenvalue weighted by Gasteiger charge is -2.34. The first-order valence-corrected chi connectivity index (χ1v) is 6.69. The fraction of sp³-hybridized carbons (Fsp3) is 0.667. The number of aromatic nitrogens is 1. The SMILES string of the molecule is Cc1cccc(C(O)C2CCC(C)C(C)C2)n1. The van der Waals surface area contributed by atoms with Gasteiger partial charge in [-0.1, -0.05) is 26.3 Å². The van der Waals surface area contributed by atoms with Gasteiger partial charge < -0.3 is 5.11 Å². The fourth-order valence-corrected chi connectivity index (χ4v) is 2.85. The summed E-state index contributed by atoms with van der Waals surface area (Å²) in [5.74, 6) is 1.90. The number of pyridine rings is 1. The van der Waals surface area contributed by atoms with Crippen LogP contribution in [-0.2, 0) is 0 Å². The molecule has 2 heteroatoms. The first-order chi connectivity index (χ1) is 8.08. The van der Waals surface area contributed by atoms with Crippen LogP contribution in [0, 0.1) is 24.7 Å². The van der Waals surface area contributed by atoms with Crippen molar-refractivity contribution in [2.75, 3.05) is 0 Å². The maximum absolute atomic E-state index is 10.4. The predicted molar refractivity (Wildman–Crippen MR) is 69.6 cm³/mol. The lowest BCUT2D eigenvalue weighted by molar-refractivity contribution is 0.0530. The Morgan fingerprint density at radius 3 is 2.65 bits per heavy atom. The Kier molecular flexibility index (Phi) is 3.82. The fourth-order valence-electron chi connectivity index (χ4n) is 2.85. The van der Waals surface area contributed by atoms with E-state index in [4.69, 9.17) is 0 Å². The summed E-state index contributed by atoms with van der Waals surface area (Å²) >= 11 is 0. The molecule has 1 saturated carbocycles. The standard InChI is InChI=1S/C15H23NO/c1-10-7-8-13(9-11(10)2)15(17)14-6-4-5-12(3)16-14/h4-6,10-11,13,15,17H,7-9H2,1-3H3. The van der Waals surface area contributed by atoms with Gasteiger partial charge in [0, 0.05) is 5.69 Å². The highest BCUT2D eigenvalue weighted by Crippen LogP contribution is 2.39. The Balaban J connectivity index is 2.07. The van der Waals surface area contributed by atoms with E-state index in [1.165, 1.54) is 6.42 Å². The average Bonchev–Trinajstić information content (AvgIpc) is 2.32. The highest BCUT2D eigenvalue weighted by atomic mass is 16.3. The molecular formula is C15H23NO. The summed E-state index contributed by atoms with van der Waals surface area (Å²) in [5.41, 5.74) is 1.83. The van der Waals surface area contributed by atoms with Crippen LogP contribution in [0.1, 0.15) is 50.6 Å². The molecule has 17 heavy (non-hydrogen) atoms. The smallest absolute Gasteiger partial charge is 0.0987 e. The lowest BCUT2D eigenvalue weighted by Crippen LogP contribution is -2.25. The van der Waals surface area contributed by atoms with E-state index in [0.717, 1.165) is 30.1 Å². The van der Waals surface area contributed by atoms with E-state index >= 15 is 0 Å². The molecule has 1 aromatic heterocycles. The van der Waals surface area contributed by atoms with Crippen molar-refractivity contribution in [1.29, 1.82) is 0 Å². The molecule has 0 aromatic carbocycles. The third-order valence-corrected chi connectivity index (χ3v) is 4.30. The van der Waals surface area contributed by atoms with E-state index in [1.54, 1.807) is 0 Å². The van der Waals surface area contributed by atoms with Gasteiger partial charge in [-0.15, -0.1) is 0 Å². The van der Waals surface area contributed by atoms with Crippen molar-refractivity contribution < 1.29 is 5.11 Å². The van der Waals surface area contributed by atoms with E-state index in [-0.39, 0.29) is 6.10 Å². The van der Waals surface area contributed by atoms with Crippen LogP contribution in [0.15, 0.2) is 18.2 Å². The van der Waals surface area contributed by atoms with Crippen LogP contribution >= 0.6 is 0 Å². The molecule has 0 amide bonds. The van der Waals surface area contributed by atoms with E-state index in [0.29, 0.717) is 11.8 Å². The maximum atomic E-state index is 10.4. The van der Waals surface area contributed by atoms with Gasteiger partial charge >= 0.3 is 0 Å². The summed E-state index contributed by atoms with van der Waals surface area (Å²) in [6.45, 7) is 6.59. The first kappa shape index (κ1) is 12.6. The minimum absolute atomic E-state index is 0.384. The van der Waals surface area contributed by atoms with Crippen molar-refractivity contribution in [3.63, 3.8) is 0 Å². The molecule has 0 saturated heterocycles. The van der Waals surface area contributed by atoms with Gasteiger partial charge in [0.05, 0.1) is 11.8 Å². The zero-order chi connectivity index (χ0) is 12.4. The van der Waals surface area contributed by atoms with Crippen molar-refractivity contribution in [2.24, 2.45) is 17.8 Å². The van der Waals surface area contributed by atoms with Crippen LogP contribution < -0.4 is 0 Å². The Labute approximate surface area is 104 Å². The summed E-state index contributed by atoms with van der Waals surface area (Å²) < 4.78 is 0. The van der Waals surface area contributed by atoms with E-state index in [2.05, 4.69) is 18.8 Å². The van der Waals surface area contributed by atoms with Crippen molar-refractivity contribution in [3.8, 4) is 0 Å². The number of nitrogens with zero attached hydrogens (tertiary/aromatic N) is 1. The van der Waals surface area contributed by atoms with Crippen molar-refractivity contribution in [3.05, 3.63) is 29.6 Å². The first-order valence-electron chi connectivity index (χ1n) is 6.69. The molecule has 94 valence electrons. The average molecular weight is 233 g/mol. The Hall–Kier alpha value is -0.890. The highest BCUT2D eigenvalue weighted by Gasteiger charge is 2.30. The Morgan fingerprint density at radius 2 is 2.00 bits per heavy atom. The van der Waals surface area contributed by atoms with Crippen LogP contribution in [0.3, 0.4) is 0 Å². The van der Waals surface area contributed by atoms with E-state index in [9.17, 15) is 5.11 Å². The quantitative estimate of drug-likeness (QED) is 0.848. The van der Waals surface area contributed by atoms with Crippen molar-refractivity contribution in [1.82, 2.24) is 4.98 Å². The molecule has 0 radical (unpaired) electrons. The van der Waals surface area contributed by atoms with Gasteiger partial charge in [0.25, 0.3) is 0 Å². The van der Waals surface area contributed by atoms with Crippen LogP contribution in [0.4, 0.5) is 0 Å². The molecule has 2 nitrogen and oxygen atoms in total.